The van der Waals surface area contributed by atoms with Crippen molar-refractivity contribution in [3.63, 3.8) is 0 Å². The molecule has 0 aliphatic heterocycles. The van der Waals surface area contributed by atoms with Crippen LogP contribution in [0.4, 0.5) is 0 Å². The molecule has 0 heterocycles. The first-order valence-corrected chi connectivity index (χ1v) is 5.05. The van der Waals surface area contributed by atoms with Crippen molar-refractivity contribution in [2.75, 3.05) is 0 Å². The van der Waals surface area contributed by atoms with Crippen molar-refractivity contribution in [3.05, 3.63) is 68.8 Å². The van der Waals surface area contributed by atoms with E-state index in [-0.39, 0.29) is 36.8 Å². The predicted octanol–water partition coefficient (Wildman–Crippen LogP) is 3.00. The van der Waals surface area contributed by atoms with Crippen molar-refractivity contribution in [2.24, 2.45) is 0 Å². The van der Waals surface area contributed by atoms with E-state index in [0.29, 0.717) is 0 Å². The van der Waals surface area contributed by atoms with Gasteiger partial charge >= 0.3 is 31.1 Å². The smallest absolute Gasteiger partial charge is 0.870 e. The third-order valence-corrected chi connectivity index (χ3v) is 2.20. The second-order valence-electron chi connectivity index (χ2n) is 3.53. The minimum atomic E-state index is -0.669. The molecule has 0 saturated carbocycles. The number of allylic oxidation sites excluding steroid dienone is 3. The Morgan fingerprint density at radius 2 is 2.06 bits per heavy atom. The minimum Gasteiger partial charge on any atom is -0.870 e. The molecule has 1 aromatic rings. The maximum atomic E-state index is 10.5. The van der Waals surface area contributed by atoms with Gasteiger partial charge in [-0.1, -0.05) is 35.4 Å². The molecule has 0 spiro atoms. The summed E-state index contributed by atoms with van der Waals surface area (Å²) in [6.07, 6.45) is 5.59. The molecule has 5 heteroatoms. The molecule has 0 fully saturated rings. The summed E-state index contributed by atoms with van der Waals surface area (Å²) in [6.45, 7) is 3.20. The van der Waals surface area contributed by atoms with Crippen LogP contribution in [-0.2, 0) is 0 Å². The van der Waals surface area contributed by atoms with Crippen LogP contribution >= 0.6 is 0 Å². The third kappa shape index (κ3) is 4.99. The Hall–Kier alpha value is -1.18. The van der Waals surface area contributed by atoms with Gasteiger partial charge in [-0.3, -0.25) is 10.1 Å². The number of nitro groups is 1. The van der Waals surface area contributed by atoms with Gasteiger partial charge in [0, 0.05) is 4.92 Å². The monoisotopic (exact) mass is 466 g/mol. The van der Waals surface area contributed by atoms with Crippen molar-refractivity contribution in [2.45, 2.75) is 13.8 Å². The summed E-state index contributed by atoms with van der Waals surface area (Å²) in [5.41, 5.74) is 1.25. The van der Waals surface area contributed by atoms with Gasteiger partial charge < -0.3 is 5.41 Å². The van der Waals surface area contributed by atoms with Crippen LogP contribution in [-0.4, -0.2) is 10.6 Å². The fraction of sp³-hybridized carbons (Fsp3) is 0.154. The molecule has 0 saturated heterocycles. The van der Waals surface area contributed by atoms with Crippen molar-refractivity contribution in [3.8, 4) is 0 Å². The van der Waals surface area contributed by atoms with Gasteiger partial charge in [0.05, 0.1) is 0 Å². The molecule has 0 amide bonds. The van der Waals surface area contributed by atoms with E-state index in [9.17, 15) is 10.1 Å². The number of rotatable bonds is 4. The van der Waals surface area contributed by atoms with Crippen LogP contribution in [0.1, 0.15) is 18.1 Å². The van der Waals surface area contributed by atoms with Crippen molar-refractivity contribution in [1.82, 2.24) is 0 Å². The van der Waals surface area contributed by atoms with Gasteiger partial charge in [-0.2, -0.15) is 12.2 Å². The topological polar surface area (TPSA) is 65.4 Å². The van der Waals surface area contributed by atoms with E-state index >= 15 is 0 Å². The number of hydrogen-bond donors (Lipinski definition) is 0. The van der Waals surface area contributed by atoms with Crippen LogP contribution in [0.2, 0.25) is 0 Å². The molecule has 0 aliphatic carbocycles. The second-order valence-corrected chi connectivity index (χ2v) is 3.53. The van der Waals surface area contributed by atoms with Crippen LogP contribution in [0, 0.1) is 54.2 Å². The fourth-order valence-corrected chi connectivity index (χ4v) is 1.27. The maximum Gasteiger partial charge on any atom is 2.00 e. The van der Waals surface area contributed by atoms with Crippen LogP contribution in [0.5, 0.6) is 0 Å². The minimum absolute atomic E-state index is 0. The summed E-state index contributed by atoms with van der Waals surface area (Å²) >= 11 is 0. The van der Waals surface area contributed by atoms with Gasteiger partial charge in [0.25, 0.3) is 0 Å². The summed E-state index contributed by atoms with van der Waals surface area (Å²) in [5, 5.41) is 19.6. The zero-order valence-electron chi connectivity index (χ0n) is 10.2. The molecule has 1 rings (SSSR count). The summed E-state index contributed by atoms with van der Waals surface area (Å²) in [6, 6.07) is 7.64. The largest absolute Gasteiger partial charge is 2.00 e. The van der Waals surface area contributed by atoms with E-state index in [0.717, 1.165) is 11.1 Å². The number of hydrogen-bond acceptors (Lipinski definition) is 2. The molecule has 0 atom stereocenters. The van der Waals surface area contributed by atoms with Crippen LogP contribution in [0.3, 0.4) is 0 Å². The Morgan fingerprint density at radius 3 is 2.56 bits per heavy atom. The average Bonchev–Trinajstić information content (AvgIpc) is 2.25. The fourth-order valence-electron chi connectivity index (χ4n) is 1.27. The first-order valence-electron chi connectivity index (χ1n) is 5.05. The number of benzene rings is 1. The normalized spacial score (nSPS) is 11.1. The summed E-state index contributed by atoms with van der Waals surface area (Å²) in [4.78, 5) is 9.87. The molecule has 1 aromatic carbocycles. The Kier molecular flexibility index (Phi) is 7.49. The second kappa shape index (κ2) is 8.02. The standard InChI is InChI=1S/C13H12N2O2.U/c1-10-6-3-4-7-12(10)8-5-9-13(11(2)14)15(16)17;/h3-8H,1-2H3;/q-2;+2/b8-5+;. The molecule has 0 aromatic heterocycles. The molecule has 0 bridgehead atoms. The molecule has 0 unspecified atom stereocenters. The molecular weight excluding hydrogens is 454 g/mol. The Bertz CT molecular complexity index is 491. The molecule has 90 valence electrons. The zero-order valence-corrected chi connectivity index (χ0v) is 14.3. The van der Waals surface area contributed by atoms with Crippen LogP contribution in [0.15, 0.2) is 36.0 Å². The van der Waals surface area contributed by atoms with Crippen LogP contribution in [0.25, 0.3) is 11.5 Å². The zero-order chi connectivity index (χ0) is 12.8. The van der Waals surface area contributed by atoms with Gasteiger partial charge in [0.2, 0.25) is 0 Å². The summed E-state index contributed by atoms with van der Waals surface area (Å²) in [7, 11) is 0. The van der Waals surface area contributed by atoms with E-state index in [1.54, 1.807) is 6.08 Å². The van der Waals surface area contributed by atoms with Crippen molar-refractivity contribution < 1.29 is 36.0 Å². The van der Waals surface area contributed by atoms with Crippen LogP contribution < -0.4 is 0 Å². The molecule has 18 heavy (non-hydrogen) atoms. The predicted molar refractivity (Wildman–Crippen MR) is 68.0 cm³/mol. The first-order chi connectivity index (χ1) is 8.02. The summed E-state index contributed by atoms with van der Waals surface area (Å²) < 4.78 is 0. The van der Waals surface area contributed by atoms with E-state index in [2.05, 4.69) is 6.08 Å². The summed E-state index contributed by atoms with van der Waals surface area (Å²) in [5.74, 6) is 0. The Balaban J connectivity index is 0.00000289. The first kappa shape index (κ1) is 16.8. The molecule has 0 aliphatic rings. The molecule has 0 radical (unpaired) electrons. The molecule has 4 nitrogen and oxygen atoms in total. The van der Waals surface area contributed by atoms with E-state index in [4.69, 9.17) is 5.41 Å². The SMILES string of the molecule is CC(=[N-])C(=[C-]/C=C/c1ccccc1C)[N+](=O)[O-].[U+2]. The van der Waals surface area contributed by atoms with E-state index in [1.165, 1.54) is 13.0 Å². The van der Waals surface area contributed by atoms with Gasteiger partial charge in [0.15, 0.2) is 0 Å². The number of aryl methyl sites for hydroxylation is 1. The van der Waals surface area contributed by atoms with Crippen molar-refractivity contribution in [1.29, 1.82) is 0 Å². The van der Waals surface area contributed by atoms with Gasteiger partial charge in [-0.15, -0.1) is 13.0 Å². The van der Waals surface area contributed by atoms with E-state index in [1.807, 2.05) is 31.2 Å². The quantitative estimate of drug-likeness (QED) is 0.225. The van der Waals surface area contributed by atoms with Crippen molar-refractivity contribution >= 4 is 11.8 Å². The third-order valence-electron chi connectivity index (χ3n) is 2.20. The average molecular weight is 466 g/mol. The van der Waals surface area contributed by atoms with E-state index < -0.39 is 10.6 Å². The van der Waals surface area contributed by atoms with Gasteiger partial charge in [-0.05, 0) is 6.92 Å². The Labute approximate surface area is 130 Å². The molecular formula is C13H12N2O2U. The number of nitrogens with zero attached hydrogens (tertiary/aromatic N) is 2. The van der Waals surface area contributed by atoms with Gasteiger partial charge in [-0.25, -0.2) is 5.71 Å². The molecule has 0 N–H and O–H groups in total. The Morgan fingerprint density at radius 1 is 1.44 bits per heavy atom. The maximum absolute atomic E-state index is 10.5. The van der Waals surface area contributed by atoms with Gasteiger partial charge in [0.1, 0.15) is 5.70 Å².